The molecule has 5 nitrogen and oxygen atoms in total. The van der Waals surface area contributed by atoms with Gasteiger partial charge in [0.15, 0.2) is 15.6 Å². The molecule has 0 N–H and O–H groups in total. The van der Waals surface area contributed by atoms with Gasteiger partial charge in [-0.3, -0.25) is 4.79 Å². The lowest BCUT2D eigenvalue weighted by atomic mass is 9.81. The molecule has 1 heterocycles. The lowest BCUT2D eigenvalue weighted by molar-refractivity contribution is -0.112. The van der Waals surface area contributed by atoms with Crippen LogP contribution < -0.4 is 9.64 Å². The number of ether oxygens (including phenoxy) is 1. The first-order valence-electron chi connectivity index (χ1n) is 10.9. The second kappa shape index (κ2) is 10.2. The molecule has 7 heteroatoms. The van der Waals surface area contributed by atoms with Crippen LogP contribution >= 0.6 is 15.9 Å². The number of nitrogens with zero attached hydrogens (tertiary/aromatic N) is 1. The van der Waals surface area contributed by atoms with E-state index < -0.39 is 9.84 Å². The second-order valence-corrected chi connectivity index (χ2v) is 11.2. The van der Waals surface area contributed by atoms with E-state index in [4.69, 9.17) is 4.74 Å². The summed E-state index contributed by atoms with van der Waals surface area (Å²) in [5, 5.41) is 0. The Hall–Kier alpha value is -2.12. The molecule has 3 rings (SSSR count). The molecule has 0 aliphatic carbocycles. The van der Waals surface area contributed by atoms with Crippen LogP contribution in [0.3, 0.4) is 0 Å². The molecule has 0 saturated heterocycles. The third kappa shape index (κ3) is 5.44. The zero-order valence-electron chi connectivity index (χ0n) is 18.8. The van der Waals surface area contributed by atoms with E-state index in [9.17, 15) is 13.2 Å². The van der Waals surface area contributed by atoms with Crippen LogP contribution in [0, 0.1) is 5.41 Å². The van der Waals surface area contributed by atoms with Crippen molar-refractivity contribution in [2.45, 2.75) is 51.3 Å². The molecular formula is C25H30BrNO4S. The van der Waals surface area contributed by atoms with Gasteiger partial charge < -0.3 is 9.64 Å². The lowest BCUT2D eigenvalue weighted by Gasteiger charge is -2.36. The van der Waals surface area contributed by atoms with Gasteiger partial charge in [0.1, 0.15) is 5.75 Å². The van der Waals surface area contributed by atoms with Crippen molar-refractivity contribution in [2.24, 2.45) is 5.41 Å². The molecular weight excluding hydrogens is 490 g/mol. The van der Waals surface area contributed by atoms with Crippen LogP contribution in [0.2, 0.25) is 0 Å². The maximum absolute atomic E-state index is 13.7. The van der Waals surface area contributed by atoms with Crippen LogP contribution in [-0.4, -0.2) is 26.5 Å². The predicted molar refractivity (Wildman–Crippen MR) is 132 cm³/mol. The highest BCUT2D eigenvalue weighted by Gasteiger charge is 2.41. The van der Waals surface area contributed by atoms with Crippen molar-refractivity contribution < 1.29 is 17.9 Å². The summed E-state index contributed by atoms with van der Waals surface area (Å²) < 4.78 is 33.6. The molecule has 0 saturated carbocycles. The SMILES string of the molecule is CCCCC1(CC)CN(c2ccccc2)c2cc(Br)c(O/C=C\C(C)=O)cc2S(=O)(=O)C1. The van der Waals surface area contributed by atoms with Crippen molar-refractivity contribution in [3.63, 3.8) is 0 Å². The fourth-order valence-electron chi connectivity index (χ4n) is 4.16. The third-order valence-electron chi connectivity index (χ3n) is 6.01. The Labute approximate surface area is 199 Å². The van der Waals surface area contributed by atoms with Crippen LogP contribution in [0.5, 0.6) is 5.75 Å². The molecule has 0 amide bonds. The first-order valence-corrected chi connectivity index (χ1v) is 13.4. The first-order chi connectivity index (χ1) is 15.2. The molecule has 32 heavy (non-hydrogen) atoms. The number of benzene rings is 2. The molecule has 0 radical (unpaired) electrons. The third-order valence-corrected chi connectivity index (χ3v) is 8.61. The van der Waals surface area contributed by atoms with E-state index in [1.165, 1.54) is 19.3 Å². The first kappa shape index (κ1) is 24.5. The largest absolute Gasteiger partial charge is 0.464 e. The number of sulfone groups is 1. The number of unbranched alkanes of at least 4 members (excludes halogenated alkanes) is 1. The Morgan fingerprint density at radius 1 is 1.22 bits per heavy atom. The van der Waals surface area contributed by atoms with Gasteiger partial charge in [0.2, 0.25) is 0 Å². The number of anilines is 2. The quantitative estimate of drug-likeness (QED) is 0.296. The smallest absolute Gasteiger partial charge is 0.181 e. The zero-order valence-corrected chi connectivity index (χ0v) is 21.2. The van der Waals surface area contributed by atoms with Crippen molar-refractivity contribution in [1.29, 1.82) is 0 Å². The average Bonchev–Trinajstić information content (AvgIpc) is 2.85. The number of fused-ring (bicyclic) bond motifs is 1. The summed E-state index contributed by atoms with van der Waals surface area (Å²) in [5.74, 6) is 0.301. The van der Waals surface area contributed by atoms with Crippen LogP contribution in [-0.2, 0) is 14.6 Å². The Morgan fingerprint density at radius 3 is 2.56 bits per heavy atom. The molecule has 0 bridgehead atoms. The minimum atomic E-state index is -3.58. The standard InChI is InChI=1S/C25H30BrNO4S/c1-4-6-13-25(5-2)17-27(20-10-8-7-9-11-20)22-15-21(26)23(31-14-12-19(3)28)16-24(22)32(29,30)18-25/h7-12,14-16H,4-6,13,17-18H2,1-3H3/b14-12-. The van der Waals surface area contributed by atoms with Gasteiger partial charge in [-0.1, -0.05) is 44.9 Å². The number of carbonyl (C=O) groups excluding carboxylic acids is 1. The van der Waals surface area contributed by atoms with E-state index in [0.717, 1.165) is 31.4 Å². The molecule has 2 aromatic carbocycles. The van der Waals surface area contributed by atoms with Crippen LogP contribution in [0.25, 0.3) is 0 Å². The molecule has 172 valence electrons. The van der Waals surface area contributed by atoms with Crippen molar-refractivity contribution in [3.05, 3.63) is 59.3 Å². The number of hydrogen-bond donors (Lipinski definition) is 0. The van der Waals surface area contributed by atoms with Gasteiger partial charge in [-0.25, -0.2) is 8.42 Å². The maximum Gasteiger partial charge on any atom is 0.181 e. The second-order valence-electron chi connectivity index (χ2n) is 8.42. The van der Waals surface area contributed by atoms with E-state index in [1.54, 1.807) is 6.07 Å². The van der Waals surface area contributed by atoms with E-state index in [1.807, 2.05) is 36.4 Å². The minimum Gasteiger partial charge on any atom is -0.464 e. The Morgan fingerprint density at radius 2 is 1.94 bits per heavy atom. The van der Waals surface area contributed by atoms with E-state index in [-0.39, 0.29) is 21.8 Å². The monoisotopic (exact) mass is 519 g/mol. The molecule has 2 aromatic rings. The summed E-state index contributed by atoms with van der Waals surface area (Å²) in [6, 6.07) is 13.3. The average molecular weight is 520 g/mol. The Kier molecular flexibility index (Phi) is 7.83. The van der Waals surface area contributed by atoms with Gasteiger partial charge in [-0.05, 0) is 53.9 Å². The van der Waals surface area contributed by atoms with Crippen molar-refractivity contribution in [1.82, 2.24) is 0 Å². The highest BCUT2D eigenvalue weighted by atomic mass is 79.9. The summed E-state index contributed by atoms with van der Waals surface area (Å²) in [6.45, 7) is 6.26. The summed E-state index contributed by atoms with van der Waals surface area (Å²) >= 11 is 3.53. The van der Waals surface area contributed by atoms with Gasteiger partial charge in [0.25, 0.3) is 0 Å². The number of carbonyl (C=O) groups is 1. The van der Waals surface area contributed by atoms with E-state index in [2.05, 4.69) is 34.7 Å². The molecule has 0 aromatic heterocycles. The fraction of sp³-hybridized carbons (Fsp3) is 0.400. The topological polar surface area (TPSA) is 63.7 Å². The van der Waals surface area contributed by atoms with E-state index in [0.29, 0.717) is 22.5 Å². The highest BCUT2D eigenvalue weighted by molar-refractivity contribution is 9.10. The normalized spacial score (nSPS) is 20.1. The minimum absolute atomic E-state index is 0.0944. The molecule has 1 aliphatic heterocycles. The predicted octanol–water partition coefficient (Wildman–Crippen LogP) is 6.44. The lowest BCUT2D eigenvalue weighted by Crippen LogP contribution is -2.37. The number of ketones is 1. The molecule has 1 unspecified atom stereocenters. The van der Waals surface area contributed by atoms with Gasteiger partial charge in [0, 0.05) is 29.8 Å². The summed E-state index contributed by atoms with van der Waals surface area (Å²) in [7, 11) is -3.58. The summed E-state index contributed by atoms with van der Waals surface area (Å²) in [4.78, 5) is 13.6. The number of rotatable bonds is 8. The molecule has 1 aliphatic rings. The van der Waals surface area contributed by atoms with Gasteiger partial charge in [-0.15, -0.1) is 0 Å². The molecule has 0 fully saturated rings. The van der Waals surface area contributed by atoms with E-state index >= 15 is 0 Å². The maximum atomic E-state index is 13.7. The molecule has 1 atom stereocenters. The van der Waals surface area contributed by atoms with Gasteiger partial charge in [0.05, 0.1) is 27.1 Å². The Balaban J connectivity index is 2.19. The Bertz CT molecular complexity index is 1100. The highest BCUT2D eigenvalue weighted by Crippen LogP contribution is 2.46. The number of hydrogen-bond acceptors (Lipinski definition) is 5. The van der Waals surface area contributed by atoms with Crippen LogP contribution in [0.15, 0.2) is 64.2 Å². The van der Waals surface area contributed by atoms with Gasteiger partial charge in [-0.2, -0.15) is 0 Å². The number of halogens is 1. The number of para-hydroxylation sites is 1. The summed E-state index contributed by atoms with van der Waals surface area (Å²) in [5.41, 5.74) is 1.24. The molecule has 0 spiro atoms. The van der Waals surface area contributed by atoms with Crippen molar-refractivity contribution in [3.8, 4) is 5.75 Å². The van der Waals surface area contributed by atoms with Crippen molar-refractivity contribution >= 4 is 42.9 Å². The van der Waals surface area contributed by atoms with Crippen LogP contribution in [0.1, 0.15) is 46.5 Å². The van der Waals surface area contributed by atoms with Gasteiger partial charge >= 0.3 is 0 Å². The van der Waals surface area contributed by atoms with Crippen molar-refractivity contribution in [2.75, 3.05) is 17.2 Å². The number of allylic oxidation sites excluding steroid dienone is 1. The van der Waals surface area contributed by atoms with Crippen LogP contribution in [0.4, 0.5) is 11.4 Å². The summed E-state index contributed by atoms with van der Waals surface area (Å²) in [6.07, 6.45) is 6.21. The zero-order chi connectivity index (χ0) is 23.4. The fourth-order valence-corrected chi connectivity index (χ4v) is 6.76.